The predicted molar refractivity (Wildman–Crippen MR) is 105 cm³/mol. The molecule has 5 rings (SSSR count). The number of oxazole rings is 1. The molecule has 0 bridgehead atoms. The fraction of sp³-hybridized carbons (Fsp3) is 0.0909. The number of nitrogens with one attached hydrogen (secondary N) is 1. The monoisotopic (exact) mass is 372 g/mol. The summed E-state index contributed by atoms with van der Waals surface area (Å²) in [5, 5.41) is 13.7. The van der Waals surface area contributed by atoms with Gasteiger partial charge in [-0.1, -0.05) is 24.3 Å². The summed E-state index contributed by atoms with van der Waals surface area (Å²) < 4.78 is 11.5. The Kier molecular flexibility index (Phi) is 3.42. The van der Waals surface area contributed by atoms with E-state index >= 15 is 0 Å². The maximum Gasteiger partial charge on any atom is 0.223 e. The Balaban J connectivity index is 1.54. The molecule has 0 amide bonds. The lowest BCUT2D eigenvalue weighted by Crippen LogP contribution is -2.25. The molecule has 0 saturated carbocycles. The van der Waals surface area contributed by atoms with E-state index in [-0.39, 0.29) is 22.7 Å². The van der Waals surface area contributed by atoms with E-state index in [0.29, 0.717) is 39.8 Å². The first-order valence-electron chi connectivity index (χ1n) is 8.85. The van der Waals surface area contributed by atoms with Crippen LogP contribution in [0, 0.1) is 0 Å². The first-order chi connectivity index (χ1) is 13.5. The third-order valence-corrected chi connectivity index (χ3v) is 4.98. The lowest BCUT2D eigenvalue weighted by Gasteiger charge is -2.23. The lowest BCUT2D eigenvalue weighted by molar-refractivity contribution is -0.113. The zero-order chi connectivity index (χ0) is 19.4. The fourth-order valence-electron chi connectivity index (χ4n) is 3.44. The fourth-order valence-corrected chi connectivity index (χ4v) is 3.44. The summed E-state index contributed by atoms with van der Waals surface area (Å²) >= 11 is 0. The predicted octanol–water partition coefficient (Wildman–Crippen LogP) is 4.73. The van der Waals surface area contributed by atoms with Gasteiger partial charge in [-0.3, -0.25) is 4.79 Å². The smallest absolute Gasteiger partial charge is 0.223 e. The molecule has 0 radical (unpaired) electrons. The van der Waals surface area contributed by atoms with Gasteiger partial charge in [0.15, 0.2) is 11.3 Å². The van der Waals surface area contributed by atoms with Crippen LogP contribution in [0.15, 0.2) is 81.3 Å². The number of rotatable bonds is 2. The van der Waals surface area contributed by atoms with Crippen molar-refractivity contribution in [2.75, 3.05) is 5.32 Å². The number of Topliss-reactive ketones (excluding diaryl/α,β-unsaturated/α-hetero) is 1. The van der Waals surface area contributed by atoms with E-state index in [4.69, 9.17) is 9.15 Å². The molecule has 0 fully saturated rings. The SMILES string of the molecule is C/C(C1=C(O)/C(=C(\C)c2nc3ccccc3o2)C1=O)=C1\Nc2ccccc2O1. The van der Waals surface area contributed by atoms with Crippen LogP contribution >= 0.6 is 0 Å². The van der Waals surface area contributed by atoms with Crippen LogP contribution in [-0.2, 0) is 4.79 Å². The van der Waals surface area contributed by atoms with Gasteiger partial charge in [0.1, 0.15) is 11.3 Å². The number of benzene rings is 2. The van der Waals surface area contributed by atoms with E-state index in [1.807, 2.05) is 48.5 Å². The standard InChI is InChI=1S/C22H16N2O4/c1-11(21-23-13-7-3-5-9-15(13)27-21)17-19(25)18(20(17)26)12(2)22-24-14-8-4-6-10-16(14)28-22/h3-10,23,25H,1-2H3/b18-12-,21-11-. The van der Waals surface area contributed by atoms with Crippen molar-refractivity contribution >= 4 is 28.1 Å². The molecule has 1 aromatic heterocycles. The van der Waals surface area contributed by atoms with Crippen LogP contribution in [0.5, 0.6) is 5.75 Å². The molecule has 138 valence electrons. The van der Waals surface area contributed by atoms with Crippen molar-refractivity contribution in [2.24, 2.45) is 0 Å². The van der Waals surface area contributed by atoms with Crippen LogP contribution < -0.4 is 10.1 Å². The molecule has 6 nitrogen and oxygen atoms in total. The number of aliphatic hydroxyl groups excluding tert-OH is 1. The number of ether oxygens (including phenoxy) is 1. The molecular weight excluding hydrogens is 356 g/mol. The molecule has 6 heteroatoms. The zero-order valence-electron chi connectivity index (χ0n) is 15.2. The molecule has 0 saturated heterocycles. The van der Waals surface area contributed by atoms with Gasteiger partial charge < -0.3 is 19.6 Å². The van der Waals surface area contributed by atoms with Gasteiger partial charge in [0, 0.05) is 11.1 Å². The second-order valence-corrected chi connectivity index (χ2v) is 6.72. The van der Waals surface area contributed by atoms with Gasteiger partial charge in [-0.15, -0.1) is 0 Å². The Hall–Kier alpha value is -3.80. The lowest BCUT2D eigenvalue weighted by atomic mass is 9.81. The largest absolute Gasteiger partial charge is 0.506 e. The minimum absolute atomic E-state index is 0.0730. The highest BCUT2D eigenvalue weighted by Gasteiger charge is 2.39. The molecule has 2 aliphatic rings. The number of hydrogen-bond acceptors (Lipinski definition) is 6. The number of anilines is 1. The van der Waals surface area contributed by atoms with Crippen LogP contribution in [0.25, 0.3) is 16.7 Å². The molecule has 0 unspecified atom stereocenters. The molecule has 28 heavy (non-hydrogen) atoms. The molecule has 2 N–H and O–H groups in total. The van der Waals surface area contributed by atoms with E-state index in [0.717, 1.165) is 5.69 Å². The van der Waals surface area contributed by atoms with Crippen LogP contribution in [0.3, 0.4) is 0 Å². The van der Waals surface area contributed by atoms with Crippen molar-refractivity contribution in [1.29, 1.82) is 0 Å². The van der Waals surface area contributed by atoms with Crippen molar-refractivity contribution < 1.29 is 19.1 Å². The number of carbonyl (C=O) groups excluding carboxylic acids is 1. The van der Waals surface area contributed by atoms with Crippen molar-refractivity contribution in [2.45, 2.75) is 13.8 Å². The Morgan fingerprint density at radius 3 is 2.54 bits per heavy atom. The summed E-state index contributed by atoms with van der Waals surface area (Å²) in [5.41, 5.74) is 3.66. The van der Waals surface area contributed by atoms with Crippen LogP contribution in [0.1, 0.15) is 19.7 Å². The normalized spacial score (nSPS) is 19.1. The van der Waals surface area contributed by atoms with Gasteiger partial charge >= 0.3 is 0 Å². The molecule has 3 aromatic rings. The van der Waals surface area contributed by atoms with Gasteiger partial charge in [-0.05, 0) is 38.1 Å². The Morgan fingerprint density at radius 2 is 1.79 bits per heavy atom. The van der Waals surface area contributed by atoms with Crippen LogP contribution in [-0.4, -0.2) is 15.9 Å². The minimum Gasteiger partial charge on any atom is -0.506 e. The highest BCUT2D eigenvalue weighted by Crippen LogP contribution is 2.41. The highest BCUT2D eigenvalue weighted by molar-refractivity contribution is 6.25. The average molecular weight is 372 g/mol. The van der Waals surface area contributed by atoms with E-state index in [2.05, 4.69) is 10.3 Å². The molecule has 2 heterocycles. The maximum absolute atomic E-state index is 12.8. The number of carbonyl (C=O) groups is 1. The number of aromatic nitrogens is 1. The second kappa shape index (κ2) is 5.85. The number of ketones is 1. The third kappa shape index (κ3) is 2.28. The summed E-state index contributed by atoms with van der Waals surface area (Å²) in [7, 11) is 0. The number of fused-ring (bicyclic) bond motifs is 2. The third-order valence-electron chi connectivity index (χ3n) is 4.98. The molecule has 0 atom stereocenters. The van der Waals surface area contributed by atoms with Gasteiger partial charge in [0.2, 0.25) is 17.6 Å². The molecule has 2 aromatic carbocycles. The summed E-state index contributed by atoms with van der Waals surface area (Å²) in [6.45, 7) is 3.46. The number of para-hydroxylation sites is 4. The Morgan fingerprint density at radius 1 is 1.04 bits per heavy atom. The van der Waals surface area contributed by atoms with Gasteiger partial charge in [0.05, 0.1) is 16.8 Å². The van der Waals surface area contributed by atoms with Gasteiger partial charge in [-0.2, -0.15) is 0 Å². The number of allylic oxidation sites excluding steroid dienone is 4. The Labute approximate surface area is 160 Å². The average Bonchev–Trinajstić information content (AvgIpc) is 3.32. The first-order valence-corrected chi connectivity index (χ1v) is 8.85. The van der Waals surface area contributed by atoms with E-state index in [1.165, 1.54) is 0 Å². The number of hydrogen-bond donors (Lipinski definition) is 2. The molecule has 1 aliphatic heterocycles. The molecular formula is C22H16N2O4. The quantitative estimate of drug-likeness (QED) is 0.633. The van der Waals surface area contributed by atoms with Gasteiger partial charge in [0.25, 0.3) is 0 Å². The van der Waals surface area contributed by atoms with Crippen molar-refractivity contribution in [1.82, 2.24) is 4.98 Å². The van der Waals surface area contributed by atoms with Crippen molar-refractivity contribution in [3.8, 4) is 5.75 Å². The molecule has 1 aliphatic carbocycles. The minimum atomic E-state index is -0.261. The van der Waals surface area contributed by atoms with Crippen molar-refractivity contribution in [3.05, 3.63) is 82.8 Å². The number of aliphatic hydroxyl groups is 1. The summed E-state index contributed by atoms with van der Waals surface area (Å²) in [6.07, 6.45) is 0. The van der Waals surface area contributed by atoms with E-state index in [9.17, 15) is 9.90 Å². The summed E-state index contributed by atoms with van der Waals surface area (Å²) in [4.78, 5) is 17.2. The van der Waals surface area contributed by atoms with Crippen molar-refractivity contribution in [3.63, 3.8) is 0 Å². The second-order valence-electron chi connectivity index (χ2n) is 6.72. The van der Waals surface area contributed by atoms with E-state index < -0.39 is 0 Å². The topological polar surface area (TPSA) is 84.6 Å². The van der Waals surface area contributed by atoms with Crippen LogP contribution in [0.4, 0.5) is 5.69 Å². The van der Waals surface area contributed by atoms with Gasteiger partial charge in [-0.25, -0.2) is 4.98 Å². The summed E-state index contributed by atoms with van der Waals surface area (Å²) in [6, 6.07) is 14.8. The maximum atomic E-state index is 12.8. The van der Waals surface area contributed by atoms with Crippen LogP contribution in [0.2, 0.25) is 0 Å². The zero-order valence-corrected chi connectivity index (χ0v) is 15.2. The number of nitrogens with zero attached hydrogens (tertiary/aromatic N) is 1. The summed E-state index contributed by atoms with van der Waals surface area (Å²) in [5.74, 6) is 1.11. The highest BCUT2D eigenvalue weighted by atomic mass is 16.5. The Bertz CT molecular complexity index is 1200. The molecule has 0 spiro atoms. The first kappa shape index (κ1) is 16.4. The van der Waals surface area contributed by atoms with E-state index in [1.54, 1.807) is 13.8 Å².